The summed E-state index contributed by atoms with van der Waals surface area (Å²) in [6.45, 7) is 0.391. The zero-order valence-corrected chi connectivity index (χ0v) is 10.7. The number of nitrogens with zero attached hydrogens (tertiary/aromatic N) is 1. The van der Waals surface area contributed by atoms with Gasteiger partial charge in [0.2, 0.25) is 0 Å². The highest BCUT2D eigenvalue weighted by atomic mass is 35.5. The van der Waals surface area contributed by atoms with Crippen LogP contribution in [0.25, 0.3) is 11.1 Å². The fourth-order valence-electron chi connectivity index (χ4n) is 2.16. The van der Waals surface area contributed by atoms with Gasteiger partial charge in [0.1, 0.15) is 11.4 Å². The summed E-state index contributed by atoms with van der Waals surface area (Å²) < 4.78 is 19.0. The highest BCUT2D eigenvalue weighted by Crippen LogP contribution is 2.37. The monoisotopic (exact) mass is 279 g/mol. The first-order valence-corrected chi connectivity index (χ1v) is 6.18. The molecule has 0 amide bonds. The minimum Gasteiger partial charge on any atom is -0.380 e. The predicted molar refractivity (Wildman–Crippen MR) is 69.4 cm³/mol. The number of aromatic nitrogens is 1. The first-order chi connectivity index (χ1) is 9.10. The summed E-state index contributed by atoms with van der Waals surface area (Å²) in [5.41, 5.74) is 0.481. The van der Waals surface area contributed by atoms with Crippen LogP contribution in [-0.4, -0.2) is 23.3 Å². The molecule has 0 aliphatic carbocycles. The van der Waals surface area contributed by atoms with Gasteiger partial charge in [0.15, 0.2) is 0 Å². The molecule has 1 aliphatic rings. The van der Waals surface area contributed by atoms with Crippen LogP contribution < -0.4 is 0 Å². The number of pyridine rings is 1. The van der Waals surface area contributed by atoms with Crippen LogP contribution in [0.1, 0.15) is 5.56 Å². The van der Waals surface area contributed by atoms with Crippen molar-refractivity contribution in [1.29, 1.82) is 0 Å². The summed E-state index contributed by atoms with van der Waals surface area (Å²) >= 11 is 5.75. The van der Waals surface area contributed by atoms with Crippen molar-refractivity contribution >= 4 is 11.6 Å². The summed E-state index contributed by atoms with van der Waals surface area (Å²) in [4.78, 5) is 4.00. The molecule has 1 aromatic heterocycles. The van der Waals surface area contributed by atoms with Gasteiger partial charge < -0.3 is 9.84 Å². The SMILES string of the molecule is OC1(c2cnccc2-c2ccc(Cl)cc2F)COC1. The molecule has 1 fully saturated rings. The van der Waals surface area contributed by atoms with E-state index in [2.05, 4.69) is 4.98 Å². The molecule has 2 heterocycles. The Morgan fingerprint density at radius 2 is 2.05 bits per heavy atom. The second kappa shape index (κ2) is 4.56. The lowest BCUT2D eigenvalue weighted by molar-refractivity contribution is -0.184. The number of benzene rings is 1. The molecule has 98 valence electrons. The second-order valence-corrected chi connectivity index (χ2v) is 5.01. The zero-order valence-electron chi connectivity index (χ0n) is 9.94. The lowest BCUT2D eigenvalue weighted by Crippen LogP contribution is -2.46. The fourth-order valence-corrected chi connectivity index (χ4v) is 2.32. The predicted octanol–water partition coefficient (Wildman–Crippen LogP) is 2.76. The molecule has 0 atom stereocenters. The van der Waals surface area contributed by atoms with E-state index in [1.54, 1.807) is 30.6 Å². The summed E-state index contributed by atoms with van der Waals surface area (Å²) in [5, 5.41) is 10.7. The van der Waals surface area contributed by atoms with Crippen LogP contribution >= 0.6 is 11.6 Å². The molecule has 2 aromatic rings. The number of halogens is 2. The smallest absolute Gasteiger partial charge is 0.138 e. The minimum atomic E-state index is -1.09. The van der Waals surface area contributed by atoms with Gasteiger partial charge in [0, 0.05) is 28.5 Å². The molecule has 0 bridgehead atoms. The van der Waals surface area contributed by atoms with Gasteiger partial charge >= 0.3 is 0 Å². The Labute approximate surface area is 114 Å². The van der Waals surface area contributed by atoms with E-state index in [1.807, 2.05) is 0 Å². The summed E-state index contributed by atoms with van der Waals surface area (Å²) in [7, 11) is 0. The lowest BCUT2D eigenvalue weighted by atomic mass is 9.87. The van der Waals surface area contributed by atoms with Gasteiger partial charge in [-0.3, -0.25) is 4.98 Å². The van der Waals surface area contributed by atoms with Crippen LogP contribution in [-0.2, 0) is 10.3 Å². The molecule has 1 aliphatic heterocycles. The normalized spacial score (nSPS) is 17.0. The van der Waals surface area contributed by atoms with Gasteiger partial charge in [-0.15, -0.1) is 0 Å². The Hall–Kier alpha value is -1.49. The van der Waals surface area contributed by atoms with Crippen LogP contribution in [0.2, 0.25) is 5.02 Å². The van der Waals surface area contributed by atoms with Gasteiger partial charge in [0.05, 0.1) is 13.2 Å². The third-order valence-corrected chi connectivity index (χ3v) is 3.46. The summed E-state index contributed by atoms with van der Waals surface area (Å²) in [6, 6.07) is 6.14. The number of rotatable bonds is 2. The molecule has 0 spiro atoms. The largest absolute Gasteiger partial charge is 0.380 e. The molecule has 3 nitrogen and oxygen atoms in total. The van der Waals surface area contributed by atoms with Gasteiger partial charge in [-0.2, -0.15) is 0 Å². The van der Waals surface area contributed by atoms with Crippen molar-refractivity contribution in [2.45, 2.75) is 5.60 Å². The van der Waals surface area contributed by atoms with E-state index >= 15 is 0 Å². The van der Waals surface area contributed by atoms with Crippen molar-refractivity contribution in [2.75, 3.05) is 13.2 Å². The van der Waals surface area contributed by atoms with Crippen LogP contribution in [0.4, 0.5) is 4.39 Å². The Morgan fingerprint density at radius 3 is 2.68 bits per heavy atom. The number of ether oxygens (including phenoxy) is 1. The van der Waals surface area contributed by atoms with Crippen molar-refractivity contribution in [3.05, 3.63) is 53.1 Å². The van der Waals surface area contributed by atoms with E-state index in [-0.39, 0.29) is 13.2 Å². The molecule has 1 aromatic carbocycles. The Bertz CT molecular complexity index is 629. The summed E-state index contributed by atoms with van der Waals surface area (Å²) in [6.07, 6.45) is 3.11. The third-order valence-electron chi connectivity index (χ3n) is 3.23. The number of aliphatic hydroxyl groups is 1. The Balaban J connectivity index is 2.15. The lowest BCUT2D eigenvalue weighted by Gasteiger charge is -2.37. The molecule has 0 radical (unpaired) electrons. The maximum atomic E-state index is 14.0. The van der Waals surface area contributed by atoms with Crippen molar-refractivity contribution in [3.63, 3.8) is 0 Å². The molecule has 1 saturated heterocycles. The van der Waals surface area contributed by atoms with Crippen LogP contribution in [0.15, 0.2) is 36.7 Å². The van der Waals surface area contributed by atoms with E-state index < -0.39 is 11.4 Å². The van der Waals surface area contributed by atoms with E-state index in [0.717, 1.165) is 0 Å². The minimum absolute atomic E-state index is 0.195. The van der Waals surface area contributed by atoms with Gasteiger partial charge in [0.25, 0.3) is 0 Å². The Kier molecular flexibility index (Phi) is 3.01. The van der Waals surface area contributed by atoms with E-state index in [0.29, 0.717) is 21.7 Å². The molecule has 5 heteroatoms. The van der Waals surface area contributed by atoms with Gasteiger partial charge in [-0.25, -0.2) is 4.39 Å². The molecule has 0 saturated carbocycles. The van der Waals surface area contributed by atoms with E-state index in [4.69, 9.17) is 16.3 Å². The maximum absolute atomic E-state index is 14.0. The second-order valence-electron chi connectivity index (χ2n) is 4.57. The van der Waals surface area contributed by atoms with Crippen LogP contribution in [0.3, 0.4) is 0 Å². The zero-order chi connectivity index (χ0) is 13.5. The highest BCUT2D eigenvalue weighted by Gasteiger charge is 2.40. The number of hydrogen-bond donors (Lipinski definition) is 1. The van der Waals surface area contributed by atoms with Crippen molar-refractivity contribution in [1.82, 2.24) is 4.98 Å². The molecular formula is C14H11ClFNO2. The molecule has 19 heavy (non-hydrogen) atoms. The van der Waals surface area contributed by atoms with E-state index in [9.17, 15) is 9.50 Å². The standard InChI is InChI=1S/C14H11ClFNO2/c15-9-1-2-11(13(16)5-9)10-3-4-17-6-12(10)14(18)7-19-8-14/h1-6,18H,7-8H2. The molecule has 0 unspecified atom stereocenters. The first kappa shape index (κ1) is 12.5. The van der Waals surface area contributed by atoms with Crippen LogP contribution in [0, 0.1) is 5.82 Å². The van der Waals surface area contributed by atoms with E-state index in [1.165, 1.54) is 6.07 Å². The fraction of sp³-hybridized carbons (Fsp3) is 0.214. The first-order valence-electron chi connectivity index (χ1n) is 5.80. The average Bonchev–Trinajstić information content (AvgIpc) is 2.36. The number of hydrogen-bond acceptors (Lipinski definition) is 3. The average molecular weight is 280 g/mol. The van der Waals surface area contributed by atoms with Crippen molar-refractivity contribution < 1.29 is 14.2 Å². The quantitative estimate of drug-likeness (QED) is 0.919. The molecule has 3 rings (SSSR count). The summed E-state index contributed by atoms with van der Waals surface area (Å²) in [5.74, 6) is -0.427. The topological polar surface area (TPSA) is 42.4 Å². The molecule has 1 N–H and O–H groups in total. The van der Waals surface area contributed by atoms with Gasteiger partial charge in [-0.1, -0.05) is 11.6 Å². The third kappa shape index (κ3) is 2.12. The van der Waals surface area contributed by atoms with Crippen LogP contribution in [0.5, 0.6) is 0 Å². The van der Waals surface area contributed by atoms with Crippen molar-refractivity contribution in [3.8, 4) is 11.1 Å². The van der Waals surface area contributed by atoms with Gasteiger partial charge in [-0.05, 0) is 29.8 Å². The van der Waals surface area contributed by atoms with Crippen molar-refractivity contribution in [2.24, 2.45) is 0 Å². The maximum Gasteiger partial charge on any atom is 0.138 e. The highest BCUT2D eigenvalue weighted by molar-refractivity contribution is 6.30. The Morgan fingerprint density at radius 1 is 1.26 bits per heavy atom. The molecular weight excluding hydrogens is 269 g/mol.